The first-order valence-electron chi connectivity index (χ1n) is 7.33. The van der Waals surface area contributed by atoms with Crippen LogP contribution < -0.4 is 0 Å². The number of piperazine rings is 1. The molecule has 2 amide bonds. The Morgan fingerprint density at radius 3 is 2.35 bits per heavy atom. The van der Waals surface area contributed by atoms with Gasteiger partial charge in [-0.05, 0) is 17.7 Å². The third-order valence-electron chi connectivity index (χ3n) is 3.84. The summed E-state index contributed by atoms with van der Waals surface area (Å²) in [5, 5.41) is 1.73. The SMILES string of the molecule is O=C(Cc1ccc(F)cc1)N1CCN(C(=O)c2cscn2)CC1. The molecule has 1 aliphatic rings. The van der Waals surface area contributed by atoms with Crippen LogP contribution >= 0.6 is 11.3 Å². The fourth-order valence-electron chi connectivity index (χ4n) is 2.53. The quantitative estimate of drug-likeness (QED) is 0.861. The van der Waals surface area contributed by atoms with E-state index in [9.17, 15) is 14.0 Å². The smallest absolute Gasteiger partial charge is 0.273 e. The van der Waals surface area contributed by atoms with E-state index in [1.165, 1.54) is 23.5 Å². The van der Waals surface area contributed by atoms with Gasteiger partial charge in [0.15, 0.2) is 0 Å². The number of carbonyl (C=O) groups is 2. The van der Waals surface area contributed by atoms with E-state index < -0.39 is 0 Å². The molecule has 120 valence electrons. The second kappa shape index (κ2) is 6.87. The molecule has 0 spiro atoms. The lowest BCUT2D eigenvalue weighted by atomic mass is 10.1. The summed E-state index contributed by atoms with van der Waals surface area (Å²) in [6, 6.07) is 5.95. The van der Waals surface area contributed by atoms with Crippen LogP contribution in [0.5, 0.6) is 0 Å². The molecule has 0 atom stereocenters. The van der Waals surface area contributed by atoms with Crippen LogP contribution in [-0.2, 0) is 11.2 Å². The molecule has 0 N–H and O–H groups in total. The highest BCUT2D eigenvalue weighted by molar-refractivity contribution is 7.07. The van der Waals surface area contributed by atoms with E-state index in [-0.39, 0.29) is 24.1 Å². The van der Waals surface area contributed by atoms with Gasteiger partial charge in [0.1, 0.15) is 11.5 Å². The molecule has 1 aliphatic heterocycles. The molecule has 0 radical (unpaired) electrons. The predicted octanol–water partition coefficient (Wildman–Crippen LogP) is 1.81. The van der Waals surface area contributed by atoms with Crippen molar-refractivity contribution in [1.29, 1.82) is 0 Å². The van der Waals surface area contributed by atoms with Gasteiger partial charge in [-0.3, -0.25) is 9.59 Å². The van der Waals surface area contributed by atoms with E-state index in [1.807, 2.05) is 0 Å². The second-order valence-electron chi connectivity index (χ2n) is 5.35. The van der Waals surface area contributed by atoms with Crippen molar-refractivity contribution in [2.75, 3.05) is 26.2 Å². The maximum Gasteiger partial charge on any atom is 0.273 e. The van der Waals surface area contributed by atoms with E-state index in [4.69, 9.17) is 0 Å². The van der Waals surface area contributed by atoms with Gasteiger partial charge in [0.25, 0.3) is 5.91 Å². The fraction of sp³-hybridized carbons (Fsp3) is 0.312. The van der Waals surface area contributed by atoms with E-state index >= 15 is 0 Å². The molecule has 3 rings (SSSR count). The summed E-state index contributed by atoms with van der Waals surface area (Å²) in [5.41, 5.74) is 2.88. The molecule has 0 aliphatic carbocycles. The van der Waals surface area contributed by atoms with Gasteiger partial charge in [-0.1, -0.05) is 12.1 Å². The molecule has 0 saturated carbocycles. The number of halogens is 1. The Balaban J connectivity index is 1.53. The number of hydrogen-bond acceptors (Lipinski definition) is 4. The van der Waals surface area contributed by atoms with Crippen molar-refractivity contribution in [3.63, 3.8) is 0 Å². The molecule has 1 aromatic carbocycles. The minimum Gasteiger partial charge on any atom is -0.339 e. The number of carbonyl (C=O) groups excluding carboxylic acids is 2. The van der Waals surface area contributed by atoms with Gasteiger partial charge < -0.3 is 9.80 Å². The molecule has 0 unspecified atom stereocenters. The maximum absolute atomic E-state index is 12.9. The van der Waals surface area contributed by atoms with Gasteiger partial charge in [-0.2, -0.15) is 0 Å². The number of amides is 2. The van der Waals surface area contributed by atoms with E-state index in [0.29, 0.717) is 31.9 Å². The average molecular weight is 333 g/mol. The summed E-state index contributed by atoms with van der Waals surface area (Å²) in [6.45, 7) is 2.03. The third kappa shape index (κ3) is 3.73. The molecule has 5 nitrogen and oxygen atoms in total. The summed E-state index contributed by atoms with van der Waals surface area (Å²) in [5.74, 6) is -0.399. The minimum atomic E-state index is -0.310. The van der Waals surface area contributed by atoms with Gasteiger partial charge in [0, 0.05) is 31.6 Å². The van der Waals surface area contributed by atoms with Crippen LogP contribution in [0.3, 0.4) is 0 Å². The molecule has 7 heteroatoms. The topological polar surface area (TPSA) is 53.5 Å². The van der Waals surface area contributed by atoms with E-state index in [1.54, 1.807) is 32.8 Å². The zero-order chi connectivity index (χ0) is 16.2. The first kappa shape index (κ1) is 15.6. The van der Waals surface area contributed by atoms with Crippen LogP contribution in [0.2, 0.25) is 0 Å². The highest BCUT2D eigenvalue weighted by Gasteiger charge is 2.25. The molecule has 1 aromatic heterocycles. The normalized spacial score (nSPS) is 14.8. The zero-order valence-corrected chi connectivity index (χ0v) is 13.3. The van der Waals surface area contributed by atoms with Gasteiger partial charge >= 0.3 is 0 Å². The van der Waals surface area contributed by atoms with Crippen LogP contribution in [0.4, 0.5) is 4.39 Å². The van der Waals surface area contributed by atoms with Gasteiger partial charge in [-0.15, -0.1) is 11.3 Å². The summed E-state index contributed by atoms with van der Waals surface area (Å²) < 4.78 is 12.9. The molecular formula is C16H16FN3O2S. The Morgan fingerprint density at radius 2 is 1.74 bits per heavy atom. The Hall–Kier alpha value is -2.28. The Labute approximate surface area is 137 Å². The lowest BCUT2D eigenvalue weighted by molar-refractivity contribution is -0.131. The highest BCUT2D eigenvalue weighted by Crippen LogP contribution is 2.11. The summed E-state index contributed by atoms with van der Waals surface area (Å²) in [4.78, 5) is 32.0. The number of nitrogens with zero attached hydrogens (tertiary/aromatic N) is 3. The Morgan fingerprint density at radius 1 is 1.09 bits per heavy atom. The van der Waals surface area contributed by atoms with Gasteiger partial charge in [-0.25, -0.2) is 9.37 Å². The van der Waals surface area contributed by atoms with Crippen LogP contribution in [0, 0.1) is 5.82 Å². The largest absolute Gasteiger partial charge is 0.339 e. The summed E-state index contributed by atoms with van der Waals surface area (Å²) in [6.07, 6.45) is 0.250. The number of hydrogen-bond donors (Lipinski definition) is 0. The average Bonchev–Trinajstić information content (AvgIpc) is 3.11. The van der Waals surface area contributed by atoms with E-state index in [0.717, 1.165) is 5.56 Å². The first-order chi connectivity index (χ1) is 11.1. The molecule has 2 heterocycles. The van der Waals surface area contributed by atoms with Gasteiger partial charge in [0.2, 0.25) is 5.91 Å². The van der Waals surface area contributed by atoms with Crippen molar-refractivity contribution < 1.29 is 14.0 Å². The van der Waals surface area contributed by atoms with Crippen LogP contribution in [0.15, 0.2) is 35.2 Å². The van der Waals surface area contributed by atoms with Crippen molar-refractivity contribution in [2.24, 2.45) is 0 Å². The van der Waals surface area contributed by atoms with Crippen molar-refractivity contribution in [1.82, 2.24) is 14.8 Å². The lowest BCUT2D eigenvalue weighted by Gasteiger charge is -2.34. The van der Waals surface area contributed by atoms with Crippen molar-refractivity contribution in [3.8, 4) is 0 Å². The number of aromatic nitrogens is 1. The minimum absolute atomic E-state index is 0.00244. The molecular weight excluding hydrogens is 317 g/mol. The summed E-state index contributed by atoms with van der Waals surface area (Å²) >= 11 is 1.39. The van der Waals surface area contributed by atoms with Crippen LogP contribution in [0.1, 0.15) is 16.1 Å². The number of rotatable bonds is 3. The van der Waals surface area contributed by atoms with Crippen molar-refractivity contribution >= 4 is 23.2 Å². The standard InChI is InChI=1S/C16H16FN3O2S/c17-13-3-1-12(2-4-13)9-15(21)19-5-7-20(8-6-19)16(22)14-10-23-11-18-14/h1-4,10-11H,5-9H2. The van der Waals surface area contributed by atoms with Gasteiger partial charge in [0.05, 0.1) is 11.9 Å². The molecule has 23 heavy (non-hydrogen) atoms. The molecule has 0 bridgehead atoms. The van der Waals surface area contributed by atoms with Crippen molar-refractivity contribution in [3.05, 3.63) is 52.2 Å². The highest BCUT2D eigenvalue weighted by atomic mass is 32.1. The summed E-state index contributed by atoms with van der Waals surface area (Å²) in [7, 11) is 0. The molecule has 1 fully saturated rings. The molecule has 2 aromatic rings. The predicted molar refractivity (Wildman–Crippen MR) is 84.7 cm³/mol. The Kier molecular flexibility index (Phi) is 4.66. The van der Waals surface area contributed by atoms with E-state index in [2.05, 4.69) is 4.98 Å². The monoisotopic (exact) mass is 333 g/mol. The fourth-order valence-corrected chi connectivity index (χ4v) is 3.05. The third-order valence-corrected chi connectivity index (χ3v) is 4.43. The first-order valence-corrected chi connectivity index (χ1v) is 8.27. The van der Waals surface area contributed by atoms with Crippen LogP contribution in [-0.4, -0.2) is 52.8 Å². The van der Waals surface area contributed by atoms with Crippen molar-refractivity contribution in [2.45, 2.75) is 6.42 Å². The lowest BCUT2D eigenvalue weighted by Crippen LogP contribution is -2.51. The second-order valence-corrected chi connectivity index (χ2v) is 6.07. The number of benzene rings is 1. The number of thiazole rings is 1. The maximum atomic E-state index is 12.9. The zero-order valence-electron chi connectivity index (χ0n) is 12.4. The Bertz CT molecular complexity index is 680. The van der Waals surface area contributed by atoms with Crippen LogP contribution in [0.25, 0.3) is 0 Å². The molecule has 1 saturated heterocycles.